The molecular weight excluding hydrogens is 370 g/mol. The molecule has 2 fully saturated rings. The zero-order chi connectivity index (χ0) is 19.3. The van der Waals surface area contributed by atoms with Crippen LogP contribution in [0, 0.1) is 0 Å². The van der Waals surface area contributed by atoms with Gasteiger partial charge in [0, 0.05) is 48.2 Å². The molecule has 0 N–H and O–H groups in total. The van der Waals surface area contributed by atoms with Gasteiger partial charge in [0.15, 0.2) is 0 Å². The van der Waals surface area contributed by atoms with Crippen LogP contribution in [0.1, 0.15) is 38.5 Å². The summed E-state index contributed by atoms with van der Waals surface area (Å²) >= 11 is 1.59. The van der Waals surface area contributed by atoms with Crippen molar-refractivity contribution in [2.75, 3.05) is 31.9 Å². The summed E-state index contributed by atoms with van der Waals surface area (Å²) in [7, 11) is 0. The average molecular weight is 400 g/mol. The maximum absolute atomic E-state index is 12.9. The molecule has 1 aromatic carbocycles. The van der Waals surface area contributed by atoms with Crippen molar-refractivity contribution < 1.29 is 9.59 Å². The smallest absolute Gasteiger partial charge is 0.242 e. The summed E-state index contributed by atoms with van der Waals surface area (Å²) in [4.78, 5) is 30.3. The number of aromatic nitrogens is 1. The van der Waals surface area contributed by atoms with Gasteiger partial charge in [-0.05, 0) is 31.7 Å². The minimum Gasteiger partial charge on any atom is -0.342 e. The third-order valence-electron chi connectivity index (χ3n) is 5.83. The van der Waals surface area contributed by atoms with E-state index in [1.165, 1.54) is 12.8 Å². The van der Waals surface area contributed by atoms with Gasteiger partial charge in [-0.25, -0.2) is 0 Å². The molecule has 2 saturated heterocycles. The number of carbonyl (C=O) groups is 2. The van der Waals surface area contributed by atoms with Gasteiger partial charge in [0.25, 0.3) is 0 Å². The molecule has 28 heavy (non-hydrogen) atoms. The number of carbonyl (C=O) groups excluding carboxylic acids is 2. The van der Waals surface area contributed by atoms with Crippen molar-refractivity contribution in [1.82, 2.24) is 14.4 Å². The Balaban J connectivity index is 1.47. The summed E-state index contributed by atoms with van der Waals surface area (Å²) in [6, 6.07) is 8.19. The van der Waals surface area contributed by atoms with E-state index in [1.807, 2.05) is 21.9 Å². The van der Waals surface area contributed by atoms with E-state index in [2.05, 4.69) is 22.9 Å². The number of thioether (sulfide) groups is 1. The van der Waals surface area contributed by atoms with Crippen LogP contribution in [0.4, 0.5) is 0 Å². The predicted octanol–water partition coefficient (Wildman–Crippen LogP) is 3.76. The van der Waals surface area contributed by atoms with Crippen molar-refractivity contribution in [3.63, 3.8) is 0 Å². The molecule has 0 aliphatic carbocycles. The Morgan fingerprint density at radius 3 is 2.14 bits per heavy atom. The number of benzene rings is 1. The molecule has 6 heteroatoms. The topological polar surface area (TPSA) is 45.6 Å². The van der Waals surface area contributed by atoms with Gasteiger partial charge in [-0.2, -0.15) is 0 Å². The van der Waals surface area contributed by atoms with Crippen LogP contribution in [0.25, 0.3) is 10.9 Å². The molecule has 0 radical (unpaired) electrons. The molecule has 0 spiro atoms. The number of fused-ring (bicyclic) bond motifs is 1. The van der Waals surface area contributed by atoms with Gasteiger partial charge in [-0.15, -0.1) is 11.8 Å². The van der Waals surface area contributed by atoms with Gasteiger partial charge in [-0.3, -0.25) is 9.59 Å². The summed E-state index contributed by atoms with van der Waals surface area (Å²) < 4.78 is 2.06. The summed E-state index contributed by atoms with van der Waals surface area (Å²) in [5.74, 6) is 0.890. The molecule has 2 amide bonds. The molecule has 2 aliphatic rings. The number of rotatable bonds is 5. The van der Waals surface area contributed by atoms with E-state index in [9.17, 15) is 9.59 Å². The second-order valence-electron chi connectivity index (χ2n) is 7.81. The van der Waals surface area contributed by atoms with E-state index in [-0.39, 0.29) is 11.8 Å². The Bertz CT molecular complexity index is 833. The van der Waals surface area contributed by atoms with E-state index in [4.69, 9.17) is 0 Å². The molecule has 4 rings (SSSR count). The number of hydrogen-bond acceptors (Lipinski definition) is 3. The van der Waals surface area contributed by atoms with E-state index < -0.39 is 0 Å². The number of amides is 2. The first-order valence-electron chi connectivity index (χ1n) is 10.5. The fourth-order valence-electron chi connectivity index (χ4n) is 4.22. The van der Waals surface area contributed by atoms with Crippen LogP contribution in [0.5, 0.6) is 0 Å². The van der Waals surface area contributed by atoms with Crippen molar-refractivity contribution >= 4 is 34.5 Å². The molecule has 150 valence electrons. The van der Waals surface area contributed by atoms with E-state index in [0.29, 0.717) is 12.3 Å². The zero-order valence-corrected chi connectivity index (χ0v) is 17.3. The van der Waals surface area contributed by atoms with Crippen molar-refractivity contribution in [2.24, 2.45) is 0 Å². The SMILES string of the molecule is O=C(CSc1cn(CC(=O)N2CCCCCC2)c2ccccc12)N1CCCC1. The summed E-state index contributed by atoms with van der Waals surface area (Å²) in [6.45, 7) is 3.92. The molecule has 5 nitrogen and oxygen atoms in total. The first kappa shape index (κ1) is 19.4. The maximum Gasteiger partial charge on any atom is 0.242 e. The number of hydrogen-bond donors (Lipinski definition) is 0. The van der Waals surface area contributed by atoms with Gasteiger partial charge in [-0.1, -0.05) is 31.0 Å². The summed E-state index contributed by atoms with van der Waals surface area (Å²) in [6.07, 6.45) is 8.96. The molecule has 0 unspecified atom stereocenters. The second-order valence-corrected chi connectivity index (χ2v) is 8.83. The maximum atomic E-state index is 12.9. The van der Waals surface area contributed by atoms with Gasteiger partial charge in [0.2, 0.25) is 11.8 Å². The molecule has 0 saturated carbocycles. The normalized spacial score (nSPS) is 17.9. The van der Waals surface area contributed by atoms with Gasteiger partial charge in [0.05, 0.1) is 5.75 Å². The van der Waals surface area contributed by atoms with Crippen LogP contribution in [-0.4, -0.2) is 58.1 Å². The van der Waals surface area contributed by atoms with E-state index in [0.717, 1.165) is 67.7 Å². The van der Waals surface area contributed by atoms with E-state index >= 15 is 0 Å². The lowest BCUT2D eigenvalue weighted by Crippen LogP contribution is -2.34. The highest BCUT2D eigenvalue weighted by Gasteiger charge is 2.20. The highest BCUT2D eigenvalue weighted by Crippen LogP contribution is 2.30. The molecule has 2 aromatic rings. The molecule has 3 heterocycles. The Kier molecular flexibility index (Phi) is 6.25. The zero-order valence-electron chi connectivity index (χ0n) is 16.4. The quantitative estimate of drug-likeness (QED) is 0.719. The van der Waals surface area contributed by atoms with Gasteiger partial charge >= 0.3 is 0 Å². The monoisotopic (exact) mass is 399 g/mol. The van der Waals surface area contributed by atoms with Crippen molar-refractivity contribution in [3.05, 3.63) is 30.5 Å². The fraction of sp³-hybridized carbons (Fsp3) is 0.545. The summed E-state index contributed by atoms with van der Waals surface area (Å²) in [5, 5.41) is 1.13. The van der Waals surface area contributed by atoms with Crippen LogP contribution in [0.3, 0.4) is 0 Å². The Morgan fingerprint density at radius 2 is 1.43 bits per heavy atom. The number of likely N-dealkylation sites (tertiary alicyclic amines) is 2. The van der Waals surface area contributed by atoms with Crippen LogP contribution in [-0.2, 0) is 16.1 Å². The highest BCUT2D eigenvalue weighted by atomic mass is 32.2. The lowest BCUT2D eigenvalue weighted by molar-refractivity contribution is -0.131. The van der Waals surface area contributed by atoms with Gasteiger partial charge in [0.1, 0.15) is 6.54 Å². The Hall–Kier alpha value is -1.95. The second kappa shape index (κ2) is 9.03. The van der Waals surface area contributed by atoms with Crippen LogP contribution >= 0.6 is 11.8 Å². The standard InChI is InChI=1S/C22H29N3O2S/c26-21(23-11-5-1-2-6-12-23)16-25-15-20(18-9-3-4-10-19(18)25)28-17-22(27)24-13-7-8-14-24/h3-4,9-10,15H,1-2,5-8,11-14,16-17H2. The van der Waals surface area contributed by atoms with E-state index in [1.54, 1.807) is 11.8 Å². The predicted molar refractivity (Wildman–Crippen MR) is 114 cm³/mol. The largest absolute Gasteiger partial charge is 0.342 e. The first-order valence-corrected chi connectivity index (χ1v) is 11.5. The molecule has 0 bridgehead atoms. The Morgan fingerprint density at radius 1 is 0.821 bits per heavy atom. The molecular formula is C22H29N3O2S. The summed E-state index contributed by atoms with van der Waals surface area (Å²) in [5.41, 5.74) is 1.07. The van der Waals surface area contributed by atoms with Crippen molar-refractivity contribution in [1.29, 1.82) is 0 Å². The lowest BCUT2D eigenvalue weighted by atomic mass is 10.2. The number of para-hydroxylation sites is 1. The van der Waals surface area contributed by atoms with Crippen molar-refractivity contribution in [2.45, 2.75) is 50.0 Å². The molecule has 0 atom stereocenters. The average Bonchev–Trinajstić information content (AvgIpc) is 3.27. The van der Waals surface area contributed by atoms with Gasteiger partial charge < -0.3 is 14.4 Å². The third kappa shape index (κ3) is 4.37. The third-order valence-corrected chi connectivity index (χ3v) is 6.85. The van der Waals surface area contributed by atoms with Crippen LogP contribution < -0.4 is 0 Å². The van der Waals surface area contributed by atoms with Crippen molar-refractivity contribution in [3.8, 4) is 0 Å². The fourth-order valence-corrected chi connectivity index (χ4v) is 5.21. The number of nitrogens with zero attached hydrogens (tertiary/aromatic N) is 3. The Labute approximate surface area is 171 Å². The highest BCUT2D eigenvalue weighted by molar-refractivity contribution is 8.00. The molecule has 1 aromatic heterocycles. The lowest BCUT2D eigenvalue weighted by Gasteiger charge is -2.20. The van der Waals surface area contributed by atoms with Crippen LogP contribution in [0.15, 0.2) is 35.4 Å². The molecule has 2 aliphatic heterocycles. The minimum absolute atomic E-state index is 0.201. The minimum atomic E-state index is 0.201. The first-order chi connectivity index (χ1) is 13.7. The van der Waals surface area contributed by atoms with Crippen LogP contribution in [0.2, 0.25) is 0 Å².